The Hall–Kier alpha value is -3.00. The Kier molecular flexibility index (Phi) is 4.60. The fourth-order valence-electron chi connectivity index (χ4n) is 2.67. The van der Waals surface area contributed by atoms with E-state index in [1.807, 2.05) is 6.92 Å². The third-order valence-corrected chi connectivity index (χ3v) is 5.20. The smallest absolute Gasteiger partial charge is 0.343 e. The van der Waals surface area contributed by atoms with Crippen molar-refractivity contribution >= 4 is 40.0 Å². The number of amides is 3. The average molecular weight is 372 g/mol. The highest BCUT2D eigenvalue weighted by atomic mass is 32.1. The number of aryl methyl sites for hydroxylation is 1. The van der Waals surface area contributed by atoms with Crippen molar-refractivity contribution in [3.63, 3.8) is 0 Å². The fraction of sp³-hybridized carbons (Fsp3) is 0.222. The van der Waals surface area contributed by atoms with E-state index in [0.717, 1.165) is 9.78 Å². The molecule has 1 aliphatic rings. The van der Waals surface area contributed by atoms with Gasteiger partial charge in [-0.3, -0.25) is 14.4 Å². The summed E-state index contributed by atoms with van der Waals surface area (Å²) in [7, 11) is 0. The number of carbonyl (C=O) groups excluding carboxylic acids is 4. The number of benzene rings is 1. The summed E-state index contributed by atoms with van der Waals surface area (Å²) in [6, 6.07) is 6.44. The van der Waals surface area contributed by atoms with E-state index in [2.05, 4.69) is 5.32 Å². The molecule has 0 bridgehead atoms. The molecule has 0 saturated heterocycles. The number of imide groups is 1. The Morgan fingerprint density at radius 3 is 2.23 bits per heavy atom. The number of nitrogens with one attached hydrogen (secondary N) is 1. The minimum absolute atomic E-state index is 0.235. The molecule has 0 radical (unpaired) electrons. The lowest BCUT2D eigenvalue weighted by Crippen LogP contribution is -2.33. The molecule has 1 aliphatic heterocycles. The van der Waals surface area contributed by atoms with Gasteiger partial charge >= 0.3 is 5.97 Å². The van der Waals surface area contributed by atoms with E-state index in [0.29, 0.717) is 10.6 Å². The molecule has 0 atom stereocenters. The van der Waals surface area contributed by atoms with Crippen molar-refractivity contribution in [1.82, 2.24) is 4.90 Å². The average Bonchev–Trinajstić information content (AvgIpc) is 3.00. The predicted octanol–water partition coefficient (Wildman–Crippen LogP) is 2.73. The molecule has 0 fully saturated rings. The van der Waals surface area contributed by atoms with E-state index in [-0.39, 0.29) is 22.6 Å². The highest BCUT2D eigenvalue weighted by molar-refractivity contribution is 7.16. The zero-order valence-electron chi connectivity index (χ0n) is 14.4. The van der Waals surface area contributed by atoms with Gasteiger partial charge < -0.3 is 10.1 Å². The number of nitrogens with zero attached hydrogens (tertiary/aromatic N) is 1. The van der Waals surface area contributed by atoms with Gasteiger partial charge in [0.1, 0.15) is 5.00 Å². The number of hydrogen-bond acceptors (Lipinski definition) is 6. The number of rotatable bonds is 4. The van der Waals surface area contributed by atoms with Gasteiger partial charge in [0.05, 0.1) is 16.7 Å². The van der Waals surface area contributed by atoms with Crippen LogP contribution in [0.1, 0.15) is 48.4 Å². The van der Waals surface area contributed by atoms with Crippen molar-refractivity contribution in [3.05, 3.63) is 51.4 Å². The van der Waals surface area contributed by atoms with Gasteiger partial charge in [0, 0.05) is 11.8 Å². The second-order valence-corrected chi connectivity index (χ2v) is 7.04. The third-order valence-electron chi connectivity index (χ3n) is 4.08. The molecule has 1 aromatic carbocycles. The molecule has 7 nitrogen and oxygen atoms in total. The van der Waals surface area contributed by atoms with Crippen molar-refractivity contribution in [1.29, 1.82) is 0 Å². The zero-order valence-corrected chi connectivity index (χ0v) is 15.2. The summed E-state index contributed by atoms with van der Waals surface area (Å²) >= 11 is 1.27. The fourth-order valence-corrected chi connectivity index (χ4v) is 3.77. The SMILES string of the molecule is CC(=O)Nc1sc(C)c(C)c1C(=O)OCN1C(=O)c2ccccc2C1=O. The van der Waals surface area contributed by atoms with Gasteiger partial charge in [0.2, 0.25) is 5.91 Å². The molecule has 2 aromatic rings. The molecule has 3 amide bonds. The van der Waals surface area contributed by atoms with Gasteiger partial charge in [-0.2, -0.15) is 0 Å². The maximum absolute atomic E-state index is 12.5. The van der Waals surface area contributed by atoms with Crippen LogP contribution in [0.2, 0.25) is 0 Å². The van der Waals surface area contributed by atoms with Crippen LogP contribution in [0.3, 0.4) is 0 Å². The highest BCUT2D eigenvalue weighted by Crippen LogP contribution is 2.33. The number of ether oxygens (including phenoxy) is 1. The first-order chi connectivity index (χ1) is 12.3. The maximum atomic E-state index is 12.5. The summed E-state index contributed by atoms with van der Waals surface area (Å²) < 4.78 is 5.20. The molecule has 2 heterocycles. The van der Waals surface area contributed by atoms with E-state index >= 15 is 0 Å². The predicted molar refractivity (Wildman–Crippen MR) is 95.3 cm³/mol. The van der Waals surface area contributed by atoms with Crippen molar-refractivity contribution in [2.75, 3.05) is 12.0 Å². The Labute approximate surface area is 153 Å². The first-order valence-electron chi connectivity index (χ1n) is 7.81. The van der Waals surface area contributed by atoms with Gasteiger partial charge in [-0.1, -0.05) is 12.1 Å². The minimum atomic E-state index is -0.702. The van der Waals surface area contributed by atoms with Crippen molar-refractivity contribution in [3.8, 4) is 0 Å². The zero-order chi connectivity index (χ0) is 19.0. The number of anilines is 1. The summed E-state index contributed by atoms with van der Waals surface area (Å²) in [5, 5.41) is 3.00. The van der Waals surface area contributed by atoms with Gasteiger partial charge in [-0.15, -0.1) is 11.3 Å². The second kappa shape index (κ2) is 6.72. The number of carbonyl (C=O) groups is 4. The molecule has 134 valence electrons. The van der Waals surface area contributed by atoms with Crippen LogP contribution in [0, 0.1) is 13.8 Å². The van der Waals surface area contributed by atoms with Crippen LogP contribution < -0.4 is 5.32 Å². The van der Waals surface area contributed by atoms with Crippen LogP contribution in [-0.4, -0.2) is 35.3 Å². The van der Waals surface area contributed by atoms with Crippen molar-refractivity contribution in [2.24, 2.45) is 0 Å². The van der Waals surface area contributed by atoms with Crippen molar-refractivity contribution < 1.29 is 23.9 Å². The van der Waals surface area contributed by atoms with E-state index in [1.165, 1.54) is 18.3 Å². The third kappa shape index (κ3) is 2.99. The second-order valence-electron chi connectivity index (χ2n) is 5.81. The van der Waals surface area contributed by atoms with E-state index in [1.54, 1.807) is 31.2 Å². The Morgan fingerprint density at radius 2 is 1.69 bits per heavy atom. The number of esters is 1. The number of thiophene rings is 1. The van der Waals surface area contributed by atoms with Gasteiger partial charge in [-0.25, -0.2) is 9.69 Å². The maximum Gasteiger partial charge on any atom is 0.343 e. The van der Waals surface area contributed by atoms with Crippen LogP contribution >= 0.6 is 11.3 Å². The lowest BCUT2D eigenvalue weighted by Gasteiger charge is -2.14. The van der Waals surface area contributed by atoms with E-state index < -0.39 is 24.5 Å². The van der Waals surface area contributed by atoms with Gasteiger partial charge in [0.15, 0.2) is 6.73 Å². The standard InChI is InChI=1S/C18H16N2O5S/c1-9-10(2)26-15(19-11(3)21)14(9)18(24)25-8-20-16(22)12-6-4-5-7-13(12)17(20)23/h4-7H,8H2,1-3H3,(H,19,21). The van der Waals surface area contributed by atoms with Crippen LogP contribution in [0.15, 0.2) is 24.3 Å². The molecule has 1 N–H and O–H groups in total. The van der Waals surface area contributed by atoms with Crippen LogP contribution in [0.5, 0.6) is 0 Å². The molecule has 1 aromatic heterocycles. The lowest BCUT2D eigenvalue weighted by molar-refractivity contribution is -0.114. The van der Waals surface area contributed by atoms with Gasteiger partial charge in [-0.05, 0) is 31.5 Å². The topological polar surface area (TPSA) is 92.8 Å². The Balaban J connectivity index is 1.78. The largest absolute Gasteiger partial charge is 0.440 e. The molecule has 0 unspecified atom stereocenters. The van der Waals surface area contributed by atoms with E-state index in [9.17, 15) is 19.2 Å². The summed E-state index contributed by atoms with van der Waals surface area (Å²) in [5.74, 6) is -2.01. The van der Waals surface area contributed by atoms with Crippen LogP contribution in [0.25, 0.3) is 0 Å². The quantitative estimate of drug-likeness (QED) is 0.658. The Morgan fingerprint density at radius 1 is 1.12 bits per heavy atom. The normalized spacial score (nSPS) is 13.0. The first-order valence-corrected chi connectivity index (χ1v) is 8.62. The molecule has 0 aliphatic carbocycles. The lowest BCUT2D eigenvalue weighted by atomic mass is 10.1. The van der Waals surface area contributed by atoms with Crippen LogP contribution in [-0.2, 0) is 9.53 Å². The summed E-state index contributed by atoms with van der Waals surface area (Å²) in [6.45, 7) is 4.43. The molecular formula is C18H16N2O5S. The molecule has 26 heavy (non-hydrogen) atoms. The van der Waals surface area contributed by atoms with E-state index in [4.69, 9.17) is 4.74 Å². The molecule has 0 spiro atoms. The molecule has 8 heteroatoms. The van der Waals surface area contributed by atoms with Crippen LogP contribution in [0.4, 0.5) is 5.00 Å². The number of hydrogen-bond donors (Lipinski definition) is 1. The van der Waals surface area contributed by atoms with Crippen molar-refractivity contribution in [2.45, 2.75) is 20.8 Å². The highest BCUT2D eigenvalue weighted by Gasteiger charge is 2.36. The van der Waals surface area contributed by atoms with Gasteiger partial charge in [0.25, 0.3) is 11.8 Å². The summed E-state index contributed by atoms with van der Waals surface area (Å²) in [6.07, 6.45) is 0. The molecule has 3 rings (SSSR count). The summed E-state index contributed by atoms with van der Waals surface area (Å²) in [4.78, 5) is 50.2. The number of fused-ring (bicyclic) bond motifs is 1. The Bertz CT molecular complexity index is 912. The monoisotopic (exact) mass is 372 g/mol. The molecular weight excluding hydrogens is 356 g/mol. The molecule has 0 saturated carbocycles. The minimum Gasteiger partial charge on any atom is -0.440 e. The first kappa shape index (κ1) is 17.8. The summed E-state index contributed by atoms with van der Waals surface area (Å²) in [5.41, 5.74) is 1.50.